The summed E-state index contributed by atoms with van der Waals surface area (Å²) in [6.45, 7) is 0. The van der Waals surface area contributed by atoms with E-state index in [1.165, 1.54) is 0 Å². The molecule has 1 rings (SSSR count). The highest BCUT2D eigenvalue weighted by molar-refractivity contribution is 5.71. The van der Waals surface area contributed by atoms with Gasteiger partial charge in [-0.05, 0) is 6.07 Å². The largest absolute Gasteiger partial charge is 0.469 e. The van der Waals surface area contributed by atoms with Gasteiger partial charge in [-0.2, -0.15) is 13.2 Å². The van der Waals surface area contributed by atoms with E-state index in [4.69, 9.17) is 0 Å². The van der Waals surface area contributed by atoms with E-state index in [9.17, 15) is 22.4 Å². The van der Waals surface area contributed by atoms with Crippen LogP contribution in [0.15, 0.2) is 12.3 Å². The van der Waals surface area contributed by atoms with Crippen molar-refractivity contribution >= 4 is 5.97 Å². The number of hydrogen-bond donors (Lipinski definition) is 0. The standard InChI is InChI=1S/C9H7F4NO2/c1-16-8(15)3-5-2-7(10)6(4-14-5)9(11,12)13/h2,4H,3H2,1H3. The molecule has 0 radical (unpaired) electrons. The van der Waals surface area contributed by atoms with Crippen LogP contribution in [-0.2, 0) is 22.1 Å². The maximum absolute atomic E-state index is 13.0. The first-order chi connectivity index (χ1) is 7.34. The number of alkyl halides is 3. The maximum atomic E-state index is 13.0. The Morgan fingerprint density at radius 2 is 2.12 bits per heavy atom. The second-order valence-corrected chi connectivity index (χ2v) is 2.91. The van der Waals surface area contributed by atoms with Crippen molar-refractivity contribution in [3.8, 4) is 0 Å². The zero-order chi connectivity index (χ0) is 12.3. The molecular formula is C9H7F4NO2. The summed E-state index contributed by atoms with van der Waals surface area (Å²) in [6.07, 6.45) is -4.81. The van der Waals surface area contributed by atoms with Crippen LogP contribution in [0.3, 0.4) is 0 Å². The number of pyridine rings is 1. The van der Waals surface area contributed by atoms with Crippen molar-refractivity contribution in [1.29, 1.82) is 0 Å². The van der Waals surface area contributed by atoms with E-state index in [0.717, 1.165) is 7.11 Å². The predicted molar refractivity (Wildman–Crippen MR) is 44.9 cm³/mol. The molecule has 0 N–H and O–H groups in total. The first kappa shape index (κ1) is 12.4. The van der Waals surface area contributed by atoms with Crippen molar-refractivity contribution in [3.05, 3.63) is 29.3 Å². The Morgan fingerprint density at radius 3 is 2.56 bits per heavy atom. The molecule has 1 heterocycles. The summed E-state index contributed by atoms with van der Waals surface area (Å²) in [5.74, 6) is -2.16. The topological polar surface area (TPSA) is 39.2 Å². The molecule has 0 atom stereocenters. The number of halogens is 4. The van der Waals surface area contributed by atoms with Crippen LogP contribution < -0.4 is 0 Å². The van der Waals surface area contributed by atoms with Crippen LogP contribution in [0.2, 0.25) is 0 Å². The predicted octanol–water partition coefficient (Wildman–Crippen LogP) is 1.95. The summed E-state index contributed by atoms with van der Waals surface area (Å²) in [4.78, 5) is 14.1. The molecule has 7 heteroatoms. The number of rotatable bonds is 2. The molecule has 0 spiro atoms. The van der Waals surface area contributed by atoms with Gasteiger partial charge in [0, 0.05) is 6.20 Å². The highest BCUT2D eigenvalue weighted by Crippen LogP contribution is 2.30. The van der Waals surface area contributed by atoms with Crippen LogP contribution in [0.1, 0.15) is 11.3 Å². The van der Waals surface area contributed by atoms with Crippen molar-refractivity contribution in [2.24, 2.45) is 0 Å². The number of hydrogen-bond acceptors (Lipinski definition) is 3. The highest BCUT2D eigenvalue weighted by Gasteiger charge is 2.34. The lowest BCUT2D eigenvalue weighted by Gasteiger charge is -2.08. The third kappa shape index (κ3) is 2.91. The third-order valence-corrected chi connectivity index (χ3v) is 1.77. The smallest absolute Gasteiger partial charge is 0.420 e. The lowest BCUT2D eigenvalue weighted by atomic mass is 10.2. The average Bonchev–Trinajstić information content (AvgIpc) is 2.15. The zero-order valence-electron chi connectivity index (χ0n) is 8.14. The summed E-state index contributed by atoms with van der Waals surface area (Å²) >= 11 is 0. The van der Waals surface area contributed by atoms with Gasteiger partial charge in [0.25, 0.3) is 0 Å². The second-order valence-electron chi connectivity index (χ2n) is 2.91. The highest BCUT2D eigenvalue weighted by atomic mass is 19.4. The number of carbonyl (C=O) groups excluding carboxylic acids is 1. The summed E-state index contributed by atoms with van der Waals surface area (Å²) in [5, 5.41) is 0. The first-order valence-electron chi connectivity index (χ1n) is 4.13. The normalized spacial score (nSPS) is 11.3. The summed E-state index contributed by atoms with van der Waals surface area (Å²) in [6, 6.07) is 0.569. The van der Waals surface area contributed by atoms with Gasteiger partial charge in [-0.25, -0.2) is 4.39 Å². The van der Waals surface area contributed by atoms with Crippen molar-refractivity contribution in [2.45, 2.75) is 12.6 Å². The molecule has 0 saturated carbocycles. The number of carbonyl (C=O) groups is 1. The van der Waals surface area contributed by atoms with Crippen LogP contribution in [0, 0.1) is 5.82 Å². The molecule has 16 heavy (non-hydrogen) atoms. The molecule has 1 aromatic heterocycles. The quantitative estimate of drug-likeness (QED) is 0.583. The van der Waals surface area contributed by atoms with Crippen LogP contribution in [-0.4, -0.2) is 18.1 Å². The molecule has 0 unspecified atom stereocenters. The number of nitrogens with zero attached hydrogens (tertiary/aromatic N) is 1. The summed E-state index contributed by atoms with van der Waals surface area (Å²) in [5.41, 5.74) is -1.57. The molecule has 1 aromatic rings. The molecule has 0 aliphatic heterocycles. The molecular weight excluding hydrogens is 230 g/mol. The van der Waals surface area contributed by atoms with Gasteiger partial charge in [0.2, 0.25) is 0 Å². The Labute approximate surface area is 88.0 Å². The molecule has 88 valence electrons. The summed E-state index contributed by atoms with van der Waals surface area (Å²) < 4.78 is 53.7. The SMILES string of the molecule is COC(=O)Cc1cc(F)c(C(F)(F)F)cn1. The van der Waals surface area contributed by atoms with E-state index in [1.54, 1.807) is 0 Å². The van der Waals surface area contributed by atoms with Crippen LogP contribution in [0.25, 0.3) is 0 Å². The Bertz CT molecular complexity index is 403. The maximum Gasteiger partial charge on any atom is 0.420 e. The van der Waals surface area contributed by atoms with E-state index < -0.39 is 23.5 Å². The van der Waals surface area contributed by atoms with E-state index >= 15 is 0 Å². The van der Waals surface area contributed by atoms with Gasteiger partial charge in [-0.15, -0.1) is 0 Å². The van der Waals surface area contributed by atoms with Gasteiger partial charge < -0.3 is 4.74 Å². The number of aromatic nitrogens is 1. The first-order valence-corrected chi connectivity index (χ1v) is 4.13. The Morgan fingerprint density at radius 1 is 1.50 bits per heavy atom. The van der Waals surface area contributed by atoms with Crippen molar-refractivity contribution < 1.29 is 27.1 Å². The number of methoxy groups -OCH3 is 1. The van der Waals surface area contributed by atoms with Crippen LogP contribution in [0.5, 0.6) is 0 Å². The Balaban J connectivity index is 2.96. The number of esters is 1. The lowest BCUT2D eigenvalue weighted by Crippen LogP contribution is -2.12. The minimum Gasteiger partial charge on any atom is -0.469 e. The van der Waals surface area contributed by atoms with Crippen LogP contribution >= 0.6 is 0 Å². The Kier molecular flexibility index (Phi) is 3.46. The molecule has 0 aliphatic carbocycles. The lowest BCUT2D eigenvalue weighted by molar-refractivity contribution is -0.140. The van der Waals surface area contributed by atoms with E-state index in [0.29, 0.717) is 12.3 Å². The van der Waals surface area contributed by atoms with Gasteiger partial charge in [0.05, 0.1) is 19.2 Å². The minimum atomic E-state index is -4.79. The van der Waals surface area contributed by atoms with Crippen molar-refractivity contribution in [3.63, 3.8) is 0 Å². The fourth-order valence-corrected chi connectivity index (χ4v) is 0.996. The van der Waals surface area contributed by atoms with Gasteiger partial charge in [0.1, 0.15) is 11.4 Å². The average molecular weight is 237 g/mol. The second kappa shape index (κ2) is 4.46. The third-order valence-electron chi connectivity index (χ3n) is 1.77. The molecule has 0 saturated heterocycles. The van der Waals surface area contributed by atoms with Gasteiger partial charge >= 0.3 is 12.1 Å². The zero-order valence-corrected chi connectivity index (χ0v) is 8.14. The van der Waals surface area contributed by atoms with E-state index in [1.807, 2.05) is 0 Å². The monoisotopic (exact) mass is 237 g/mol. The fraction of sp³-hybridized carbons (Fsp3) is 0.333. The van der Waals surface area contributed by atoms with E-state index in [2.05, 4.69) is 9.72 Å². The van der Waals surface area contributed by atoms with Crippen molar-refractivity contribution in [2.75, 3.05) is 7.11 Å². The molecule has 3 nitrogen and oxygen atoms in total. The minimum absolute atomic E-state index is 0.114. The van der Waals surface area contributed by atoms with Crippen LogP contribution in [0.4, 0.5) is 17.6 Å². The van der Waals surface area contributed by atoms with Crippen molar-refractivity contribution in [1.82, 2.24) is 4.98 Å². The fourth-order valence-electron chi connectivity index (χ4n) is 0.996. The molecule has 0 bridgehead atoms. The van der Waals surface area contributed by atoms with Gasteiger partial charge in [-0.1, -0.05) is 0 Å². The van der Waals surface area contributed by atoms with Gasteiger partial charge in [-0.3, -0.25) is 9.78 Å². The molecule has 0 amide bonds. The number of ether oxygens (including phenoxy) is 1. The molecule has 0 aromatic carbocycles. The van der Waals surface area contributed by atoms with E-state index in [-0.39, 0.29) is 12.1 Å². The summed E-state index contributed by atoms with van der Waals surface area (Å²) in [7, 11) is 1.11. The Hall–Kier alpha value is -1.66. The molecule has 0 aliphatic rings. The molecule has 0 fully saturated rings. The van der Waals surface area contributed by atoms with Gasteiger partial charge in [0.15, 0.2) is 0 Å².